The van der Waals surface area contributed by atoms with Gasteiger partial charge >= 0.3 is 29.6 Å². The molecule has 0 saturated heterocycles. The van der Waals surface area contributed by atoms with E-state index >= 15 is 0 Å². The second-order valence-corrected chi connectivity index (χ2v) is 9.43. The Kier molecular flexibility index (Phi) is 10.7. The van der Waals surface area contributed by atoms with E-state index in [-0.39, 0.29) is 54.9 Å². The largest absolute Gasteiger partial charge is 1.00 e. The zero-order valence-corrected chi connectivity index (χ0v) is 20.5. The van der Waals surface area contributed by atoms with Crippen molar-refractivity contribution >= 4 is 50.5 Å². The normalized spacial score (nSPS) is 11.3. The first-order chi connectivity index (χ1) is 12.6. The zero-order valence-electron chi connectivity index (χ0n) is 15.4. The van der Waals surface area contributed by atoms with Crippen LogP contribution in [0.5, 0.6) is 5.75 Å². The monoisotopic (exact) mass is 474 g/mol. The molecule has 1 aromatic carbocycles. The van der Waals surface area contributed by atoms with Crippen LogP contribution in [0.25, 0.3) is 0 Å². The molecule has 1 heterocycles. The third kappa shape index (κ3) is 8.54. The molecule has 0 amide bonds. The Labute approximate surface area is 200 Å². The van der Waals surface area contributed by atoms with E-state index in [2.05, 4.69) is 4.98 Å². The number of nitrogens with zero attached hydrogens (tertiary/aromatic N) is 2. The molecular formula is C16H17Cl2N2NaO5S2. The smallest absolute Gasteiger partial charge is 0.543 e. The maximum Gasteiger partial charge on any atom is 1.00 e. The number of aromatic nitrogens is 1. The van der Waals surface area contributed by atoms with Crippen molar-refractivity contribution in [2.45, 2.75) is 12.8 Å². The topological polar surface area (TPSA) is 99.6 Å². The summed E-state index contributed by atoms with van der Waals surface area (Å²) < 4.78 is 30.7. The SMILES string of the molecule is CS(=O)(=O)N(CCCc1nc(C(=O)[O-])cs1)CCOc1cc(Cl)cc(Cl)c1.[Na+]. The number of aryl methyl sites for hydroxylation is 1. The predicted molar refractivity (Wildman–Crippen MR) is 103 cm³/mol. The van der Waals surface area contributed by atoms with Crippen molar-refractivity contribution in [2.75, 3.05) is 26.0 Å². The number of thiazole rings is 1. The van der Waals surface area contributed by atoms with Crippen molar-refractivity contribution in [2.24, 2.45) is 0 Å². The van der Waals surface area contributed by atoms with Gasteiger partial charge in [0.2, 0.25) is 10.0 Å². The van der Waals surface area contributed by atoms with E-state index in [1.54, 1.807) is 18.2 Å². The number of halogens is 2. The molecule has 148 valence electrons. The summed E-state index contributed by atoms with van der Waals surface area (Å²) in [7, 11) is -3.42. The average Bonchev–Trinajstić information content (AvgIpc) is 3.00. The van der Waals surface area contributed by atoms with Crippen molar-refractivity contribution in [1.82, 2.24) is 9.29 Å². The summed E-state index contributed by atoms with van der Waals surface area (Å²) in [6.07, 6.45) is 2.09. The standard InChI is InChI=1S/C16H18Cl2N2O5S2.Na/c1-27(23,24)20(4-2-3-15-19-14(10-26-15)16(21)22)5-6-25-13-8-11(17)7-12(18)9-13;/h7-10H,2-6H2,1H3,(H,21,22);/q;+1/p-1. The molecule has 0 radical (unpaired) electrons. The molecule has 1 aromatic heterocycles. The first-order valence-electron chi connectivity index (χ1n) is 7.85. The van der Waals surface area contributed by atoms with Crippen LogP contribution in [0, 0.1) is 0 Å². The number of hydrogen-bond donors (Lipinski definition) is 0. The van der Waals surface area contributed by atoms with E-state index in [1.165, 1.54) is 21.0 Å². The maximum absolute atomic E-state index is 11.9. The first-order valence-corrected chi connectivity index (χ1v) is 11.3. The van der Waals surface area contributed by atoms with Crippen molar-refractivity contribution in [3.05, 3.63) is 44.3 Å². The molecule has 2 rings (SSSR count). The number of carboxylic acid groups (broad SMARTS) is 1. The van der Waals surface area contributed by atoms with Gasteiger partial charge in [0.1, 0.15) is 12.4 Å². The van der Waals surface area contributed by atoms with Crippen LogP contribution >= 0.6 is 34.5 Å². The van der Waals surface area contributed by atoms with Gasteiger partial charge in [0.15, 0.2) is 0 Å². The number of sulfonamides is 1. The van der Waals surface area contributed by atoms with Gasteiger partial charge < -0.3 is 14.6 Å². The Balaban J connectivity index is 0.00000392. The summed E-state index contributed by atoms with van der Waals surface area (Å²) in [5, 5.41) is 13.6. The molecule has 2 aromatic rings. The van der Waals surface area contributed by atoms with Crippen molar-refractivity contribution < 1.29 is 52.6 Å². The van der Waals surface area contributed by atoms with Gasteiger partial charge in [0.25, 0.3) is 0 Å². The van der Waals surface area contributed by atoms with Crippen LogP contribution < -0.4 is 39.4 Å². The van der Waals surface area contributed by atoms with E-state index in [0.717, 1.165) is 6.26 Å². The Morgan fingerprint density at radius 2 is 1.89 bits per heavy atom. The molecule has 0 aliphatic rings. The molecule has 0 aliphatic heterocycles. The summed E-state index contributed by atoms with van der Waals surface area (Å²) in [4.78, 5) is 14.6. The van der Waals surface area contributed by atoms with Gasteiger partial charge in [-0.05, 0) is 24.6 Å². The fourth-order valence-corrected chi connectivity index (χ4v) is 4.43. The fourth-order valence-electron chi connectivity index (χ4n) is 2.25. The summed E-state index contributed by atoms with van der Waals surface area (Å²) >= 11 is 13.0. The maximum atomic E-state index is 11.9. The van der Waals surface area contributed by atoms with Gasteiger partial charge in [0, 0.05) is 34.9 Å². The molecule has 7 nitrogen and oxygen atoms in total. The summed E-state index contributed by atoms with van der Waals surface area (Å²) in [6.45, 7) is 0.555. The van der Waals surface area contributed by atoms with E-state index in [0.29, 0.717) is 33.6 Å². The zero-order chi connectivity index (χ0) is 20.0. The Bertz CT molecular complexity index is 888. The van der Waals surface area contributed by atoms with Crippen LogP contribution in [0.2, 0.25) is 10.0 Å². The van der Waals surface area contributed by atoms with Crippen LogP contribution in [0.3, 0.4) is 0 Å². The number of ether oxygens (including phenoxy) is 1. The van der Waals surface area contributed by atoms with E-state index in [1.807, 2.05) is 0 Å². The van der Waals surface area contributed by atoms with Gasteiger partial charge in [-0.3, -0.25) is 0 Å². The molecule has 0 atom stereocenters. The predicted octanol–water partition coefficient (Wildman–Crippen LogP) is -0.909. The van der Waals surface area contributed by atoms with Gasteiger partial charge in [-0.25, -0.2) is 13.4 Å². The summed E-state index contributed by atoms with van der Waals surface area (Å²) in [5.41, 5.74) is -0.108. The third-order valence-corrected chi connectivity index (χ3v) is 6.12. The van der Waals surface area contributed by atoms with Crippen LogP contribution in [-0.2, 0) is 16.4 Å². The fraction of sp³-hybridized carbons (Fsp3) is 0.375. The first kappa shape index (κ1) is 25.6. The van der Waals surface area contributed by atoms with E-state index in [4.69, 9.17) is 27.9 Å². The molecule has 0 saturated carbocycles. The Morgan fingerprint density at radius 3 is 2.43 bits per heavy atom. The summed E-state index contributed by atoms with van der Waals surface area (Å²) in [6, 6.07) is 4.76. The van der Waals surface area contributed by atoms with Gasteiger partial charge in [0.05, 0.1) is 22.9 Å². The van der Waals surface area contributed by atoms with Gasteiger partial charge in [-0.2, -0.15) is 4.31 Å². The van der Waals surface area contributed by atoms with Crippen molar-refractivity contribution in [3.63, 3.8) is 0 Å². The number of aromatic carboxylic acids is 1. The van der Waals surface area contributed by atoms with Crippen LogP contribution in [0.1, 0.15) is 21.9 Å². The average molecular weight is 475 g/mol. The minimum atomic E-state index is -3.42. The Morgan fingerprint density at radius 1 is 1.25 bits per heavy atom. The second-order valence-electron chi connectivity index (χ2n) is 5.63. The number of benzene rings is 1. The molecule has 0 spiro atoms. The molecule has 0 N–H and O–H groups in total. The van der Waals surface area contributed by atoms with Crippen LogP contribution in [0.4, 0.5) is 0 Å². The molecule has 0 fully saturated rings. The molecule has 0 unspecified atom stereocenters. The number of carbonyl (C=O) groups excluding carboxylic acids is 1. The number of rotatable bonds is 10. The van der Waals surface area contributed by atoms with E-state index in [9.17, 15) is 18.3 Å². The molecule has 28 heavy (non-hydrogen) atoms. The van der Waals surface area contributed by atoms with E-state index < -0.39 is 16.0 Å². The van der Waals surface area contributed by atoms with Gasteiger partial charge in [-0.1, -0.05) is 23.2 Å². The second kappa shape index (κ2) is 11.7. The number of hydrogen-bond acceptors (Lipinski definition) is 7. The number of carboxylic acids is 1. The molecular weight excluding hydrogens is 458 g/mol. The minimum absolute atomic E-state index is 0. The van der Waals surface area contributed by atoms with Crippen LogP contribution in [0.15, 0.2) is 23.6 Å². The van der Waals surface area contributed by atoms with Crippen molar-refractivity contribution in [3.8, 4) is 5.75 Å². The quantitative estimate of drug-likeness (QED) is 0.413. The minimum Gasteiger partial charge on any atom is -0.543 e. The van der Waals surface area contributed by atoms with Crippen molar-refractivity contribution in [1.29, 1.82) is 0 Å². The summed E-state index contributed by atoms with van der Waals surface area (Å²) in [5.74, 6) is -0.868. The molecule has 0 aliphatic carbocycles. The third-order valence-electron chi connectivity index (χ3n) is 3.47. The van der Waals surface area contributed by atoms with Crippen LogP contribution in [-0.4, -0.2) is 49.6 Å². The molecule has 12 heteroatoms. The molecule has 0 bridgehead atoms. The van der Waals surface area contributed by atoms with Gasteiger partial charge in [-0.15, -0.1) is 11.3 Å². The number of carbonyl (C=O) groups is 1. The Hall–Kier alpha value is -0.390.